The predicted octanol–water partition coefficient (Wildman–Crippen LogP) is 2.46. The Morgan fingerprint density at radius 1 is 1.32 bits per heavy atom. The SMILES string of the molecule is CCCCCCNC(=O)N1CCC(CCC(=O)O)C1. The highest BCUT2D eigenvalue weighted by atomic mass is 16.4. The minimum absolute atomic E-state index is 0.00863. The lowest BCUT2D eigenvalue weighted by molar-refractivity contribution is -0.137. The van der Waals surface area contributed by atoms with Gasteiger partial charge in [0.05, 0.1) is 0 Å². The summed E-state index contributed by atoms with van der Waals surface area (Å²) in [5.41, 5.74) is 0. The summed E-state index contributed by atoms with van der Waals surface area (Å²) in [6.45, 7) is 4.37. The minimum Gasteiger partial charge on any atom is -0.481 e. The summed E-state index contributed by atoms with van der Waals surface area (Å²) in [6, 6.07) is 0.00863. The maximum Gasteiger partial charge on any atom is 0.317 e. The summed E-state index contributed by atoms with van der Waals surface area (Å²) in [4.78, 5) is 24.2. The molecule has 1 heterocycles. The molecule has 1 atom stereocenters. The number of urea groups is 1. The van der Waals surface area contributed by atoms with Crippen LogP contribution in [-0.2, 0) is 4.79 Å². The molecule has 0 bridgehead atoms. The molecule has 1 aliphatic rings. The summed E-state index contributed by atoms with van der Waals surface area (Å²) >= 11 is 0. The summed E-state index contributed by atoms with van der Waals surface area (Å²) in [5.74, 6) is -0.402. The number of hydrogen-bond acceptors (Lipinski definition) is 2. The van der Waals surface area contributed by atoms with E-state index < -0.39 is 5.97 Å². The highest BCUT2D eigenvalue weighted by Crippen LogP contribution is 2.20. The fourth-order valence-corrected chi connectivity index (χ4v) is 2.44. The maximum atomic E-state index is 11.9. The van der Waals surface area contributed by atoms with Crippen LogP contribution in [0.4, 0.5) is 4.79 Å². The molecule has 2 N–H and O–H groups in total. The monoisotopic (exact) mass is 270 g/mol. The Morgan fingerprint density at radius 2 is 2.11 bits per heavy atom. The van der Waals surface area contributed by atoms with Crippen LogP contribution >= 0.6 is 0 Å². The van der Waals surface area contributed by atoms with E-state index in [0.717, 1.165) is 32.4 Å². The number of nitrogens with zero attached hydrogens (tertiary/aromatic N) is 1. The van der Waals surface area contributed by atoms with Crippen LogP contribution in [0.3, 0.4) is 0 Å². The quantitative estimate of drug-likeness (QED) is 0.666. The molecule has 19 heavy (non-hydrogen) atoms. The first-order valence-electron chi connectivity index (χ1n) is 7.38. The molecule has 5 heteroatoms. The van der Waals surface area contributed by atoms with Crippen LogP contribution in [0.25, 0.3) is 0 Å². The standard InChI is InChI=1S/C14H26N2O3/c1-2-3-4-5-9-15-14(19)16-10-8-12(11-16)6-7-13(17)18/h12H,2-11H2,1H3,(H,15,19)(H,17,18). The first-order valence-corrected chi connectivity index (χ1v) is 7.38. The molecule has 0 spiro atoms. The van der Waals surface area contributed by atoms with Crippen LogP contribution in [0, 0.1) is 5.92 Å². The van der Waals surface area contributed by atoms with E-state index in [-0.39, 0.29) is 12.5 Å². The Labute approximate surface area is 115 Å². The summed E-state index contributed by atoms with van der Waals surface area (Å²) in [7, 11) is 0. The molecule has 5 nitrogen and oxygen atoms in total. The molecule has 0 aromatic rings. The number of aliphatic carboxylic acids is 1. The molecule has 2 amide bonds. The second-order valence-corrected chi connectivity index (χ2v) is 5.33. The molecule has 0 aromatic heterocycles. The minimum atomic E-state index is -0.751. The summed E-state index contributed by atoms with van der Waals surface area (Å²) in [5, 5.41) is 11.6. The van der Waals surface area contributed by atoms with Gasteiger partial charge in [0, 0.05) is 26.1 Å². The van der Waals surface area contributed by atoms with Crippen molar-refractivity contribution in [3.05, 3.63) is 0 Å². The van der Waals surface area contributed by atoms with Crippen molar-refractivity contribution in [1.29, 1.82) is 0 Å². The second kappa shape index (κ2) is 8.77. The van der Waals surface area contributed by atoms with Crippen molar-refractivity contribution in [3.63, 3.8) is 0 Å². The highest BCUT2D eigenvalue weighted by molar-refractivity contribution is 5.74. The number of carbonyl (C=O) groups is 2. The number of carbonyl (C=O) groups excluding carboxylic acids is 1. The van der Waals surface area contributed by atoms with Crippen molar-refractivity contribution in [1.82, 2.24) is 10.2 Å². The second-order valence-electron chi connectivity index (χ2n) is 5.33. The van der Waals surface area contributed by atoms with Gasteiger partial charge in [0.15, 0.2) is 0 Å². The van der Waals surface area contributed by atoms with Crippen LogP contribution in [0.15, 0.2) is 0 Å². The van der Waals surface area contributed by atoms with Gasteiger partial charge in [-0.3, -0.25) is 4.79 Å². The van der Waals surface area contributed by atoms with Gasteiger partial charge in [-0.25, -0.2) is 4.79 Å². The van der Waals surface area contributed by atoms with E-state index in [1.807, 2.05) is 4.90 Å². The van der Waals surface area contributed by atoms with E-state index in [1.54, 1.807) is 0 Å². The van der Waals surface area contributed by atoms with E-state index in [0.29, 0.717) is 18.9 Å². The molecule has 0 aromatic carbocycles. The Morgan fingerprint density at radius 3 is 2.79 bits per heavy atom. The maximum absolute atomic E-state index is 11.9. The lowest BCUT2D eigenvalue weighted by Gasteiger charge is -2.17. The zero-order valence-electron chi connectivity index (χ0n) is 11.9. The molecule has 1 unspecified atom stereocenters. The molecular formula is C14H26N2O3. The van der Waals surface area contributed by atoms with E-state index >= 15 is 0 Å². The number of likely N-dealkylation sites (tertiary alicyclic amines) is 1. The van der Waals surface area contributed by atoms with Gasteiger partial charge in [0.2, 0.25) is 0 Å². The van der Waals surface area contributed by atoms with Crippen molar-refractivity contribution in [2.45, 2.75) is 51.9 Å². The molecule has 1 saturated heterocycles. The number of rotatable bonds is 8. The van der Waals surface area contributed by atoms with Gasteiger partial charge in [0.1, 0.15) is 0 Å². The average Bonchev–Trinajstić information content (AvgIpc) is 2.84. The van der Waals surface area contributed by atoms with Gasteiger partial charge in [0.25, 0.3) is 0 Å². The number of hydrogen-bond donors (Lipinski definition) is 2. The smallest absolute Gasteiger partial charge is 0.317 e. The number of carboxylic acids is 1. The molecule has 0 radical (unpaired) electrons. The third kappa shape index (κ3) is 6.45. The molecule has 1 aliphatic heterocycles. The molecule has 0 saturated carbocycles. The Bertz CT molecular complexity index is 294. The number of amides is 2. The van der Waals surface area contributed by atoms with E-state index in [9.17, 15) is 9.59 Å². The summed E-state index contributed by atoms with van der Waals surface area (Å²) < 4.78 is 0. The van der Waals surface area contributed by atoms with Gasteiger partial charge in [-0.15, -0.1) is 0 Å². The number of unbranched alkanes of at least 4 members (excludes halogenated alkanes) is 3. The Balaban J connectivity index is 2.11. The molecule has 110 valence electrons. The first kappa shape index (κ1) is 15.8. The number of nitrogens with one attached hydrogen (secondary N) is 1. The van der Waals surface area contributed by atoms with E-state index in [2.05, 4.69) is 12.2 Å². The van der Waals surface area contributed by atoms with Crippen molar-refractivity contribution in [2.24, 2.45) is 5.92 Å². The molecule has 0 aliphatic carbocycles. The highest BCUT2D eigenvalue weighted by Gasteiger charge is 2.26. The fourth-order valence-electron chi connectivity index (χ4n) is 2.44. The van der Waals surface area contributed by atoms with Gasteiger partial charge < -0.3 is 15.3 Å². The first-order chi connectivity index (χ1) is 9.13. The molecular weight excluding hydrogens is 244 g/mol. The third-order valence-corrected chi connectivity index (χ3v) is 3.65. The average molecular weight is 270 g/mol. The Hall–Kier alpha value is -1.26. The van der Waals surface area contributed by atoms with E-state index in [4.69, 9.17) is 5.11 Å². The van der Waals surface area contributed by atoms with Gasteiger partial charge >= 0.3 is 12.0 Å². The normalized spacial score (nSPS) is 18.6. The zero-order chi connectivity index (χ0) is 14.1. The predicted molar refractivity (Wildman–Crippen MR) is 74.1 cm³/mol. The van der Waals surface area contributed by atoms with Crippen molar-refractivity contribution in [3.8, 4) is 0 Å². The number of carboxylic acid groups (broad SMARTS) is 1. The zero-order valence-corrected chi connectivity index (χ0v) is 11.9. The van der Waals surface area contributed by atoms with Gasteiger partial charge in [-0.05, 0) is 25.2 Å². The van der Waals surface area contributed by atoms with Crippen LogP contribution < -0.4 is 5.32 Å². The van der Waals surface area contributed by atoms with Crippen LogP contribution in [0.5, 0.6) is 0 Å². The molecule has 1 rings (SSSR count). The fraction of sp³-hybridized carbons (Fsp3) is 0.857. The van der Waals surface area contributed by atoms with E-state index in [1.165, 1.54) is 12.8 Å². The largest absolute Gasteiger partial charge is 0.481 e. The van der Waals surface area contributed by atoms with Gasteiger partial charge in [-0.2, -0.15) is 0 Å². The van der Waals surface area contributed by atoms with Crippen LogP contribution in [0.2, 0.25) is 0 Å². The van der Waals surface area contributed by atoms with Gasteiger partial charge in [-0.1, -0.05) is 26.2 Å². The van der Waals surface area contributed by atoms with Crippen molar-refractivity contribution in [2.75, 3.05) is 19.6 Å². The third-order valence-electron chi connectivity index (χ3n) is 3.65. The van der Waals surface area contributed by atoms with Crippen LogP contribution in [0.1, 0.15) is 51.9 Å². The van der Waals surface area contributed by atoms with Crippen molar-refractivity contribution >= 4 is 12.0 Å². The topological polar surface area (TPSA) is 69.6 Å². The lowest BCUT2D eigenvalue weighted by Crippen LogP contribution is -2.38. The van der Waals surface area contributed by atoms with Crippen molar-refractivity contribution < 1.29 is 14.7 Å². The summed E-state index contributed by atoms with van der Waals surface area (Å²) in [6.07, 6.45) is 6.43. The molecule has 1 fully saturated rings. The lowest BCUT2D eigenvalue weighted by atomic mass is 10.0. The van der Waals surface area contributed by atoms with Crippen LogP contribution in [-0.4, -0.2) is 41.6 Å². The Kier molecular flexibility index (Phi) is 7.30.